The molecule has 0 aliphatic carbocycles. The quantitative estimate of drug-likeness (QED) is 0.631. The molecule has 3 N–H and O–H groups in total. The summed E-state index contributed by atoms with van der Waals surface area (Å²) in [6, 6.07) is 3.31. The van der Waals surface area contributed by atoms with Crippen LogP contribution in [0, 0.1) is 0 Å². The number of nitrogens with zero attached hydrogens (tertiary/aromatic N) is 1. The molecule has 0 aromatic carbocycles. The van der Waals surface area contributed by atoms with Crippen molar-refractivity contribution in [3.05, 3.63) is 35.2 Å². The number of sulfonamides is 1. The Morgan fingerprint density at radius 2 is 2.20 bits per heavy atom. The highest BCUT2D eigenvalue weighted by molar-refractivity contribution is 7.91. The van der Waals surface area contributed by atoms with E-state index in [0.717, 1.165) is 10.7 Å². The predicted molar refractivity (Wildman–Crippen MR) is 77.2 cm³/mol. The number of aliphatic hydroxyl groups is 1. The lowest BCUT2D eigenvalue weighted by molar-refractivity contribution is 0.300. The summed E-state index contributed by atoms with van der Waals surface area (Å²) >= 11 is 1.19. The topological polar surface area (TPSA) is 95.1 Å². The van der Waals surface area contributed by atoms with Crippen LogP contribution in [-0.2, 0) is 22.9 Å². The Morgan fingerprint density at radius 1 is 1.35 bits per heavy atom. The fourth-order valence-corrected chi connectivity index (χ4v) is 4.18. The van der Waals surface area contributed by atoms with Gasteiger partial charge >= 0.3 is 0 Å². The van der Waals surface area contributed by atoms with Gasteiger partial charge in [0, 0.05) is 43.3 Å². The van der Waals surface area contributed by atoms with E-state index in [-0.39, 0.29) is 6.61 Å². The predicted octanol–water partition coefficient (Wildman–Crippen LogP) is 0.917. The van der Waals surface area contributed by atoms with E-state index in [1.165, 1.54) is 11.3 Å². The Bertz CT molecular complexity index is 620. The molecule has 6 nitrogen and oxygen atoms in total. The highest BCUT2D eigenvalue weighted by Crippen LogP contribution is 2.21. The van der Waals surface area contributed by atoms with E-state index in [4.69, 9.17) is 5.11 Å². The van der Waals surface area contributed by atoms with Gasteiger partial charge in [0.15, 0.2) is 0 Å². The molecule has 0 atom stereocenters. The fraction of sp³-hybridized carbons (Fsp3) is 0.417. The van der Waals surface area contributed by atoms with Gasteiger partial charge in [0.05, 0.1) is 0 Å². The molecule has 2 heterocycles. The maximum absolute atomic E-state index is 12.0. The van der Waals surface area contributed by atoms with Gasteiger partial charge in [-0.05, 0) is 18.6 Å². The summed E-state index contributed by atoms with van der Waals surface area (Å²) in [6.07, 6.45) is 5.29. The lowest BCUT2D eigenvalue weighted by Gasteiger charge is -2.03. The number of aromatic nitrogens is 2. The first-order valence-electron chi connectivity index (χ1n) is 6.29. The summed E-state index contributed by atoms with van der Waals surface area (Å²) in [7, 11) is -3.44. The van der Waals surface area contributed by atoms with Crippen LogP contribution in [0.25, 0.3) is 0 Å². The zero-order valence-electron chi connectivity index (χ0n) is 10.9. The molecular weight excluding hydrogens is 298 g/mol. The van der Waals surface area contributed by atoms with E-state index in [1.807, 2.05) is 0 Å². The second kappa shape index (κ2) is 6.98. The van der Waals surface area contributed by atoms with E-state index in [9.17, 15) is 8.42 Å². The lowest BCUT2D eigenvalue weighted by atomic mass is 10.3. The molecule has 0 aliphatic heterocycles. The maximum atomic E-state index is 12.0. The Kier molecular flexibility index (Phi) is 5.30. The van der Waals surface area contributed by atoms with Gasteiger partial charge in [0.1, 0.15) is 10.0 Å². The number of aromatic amines is 1. The first-order valence-corrected chi connectivity index (χ1v) is 8.59. The number of aryl methyl sites for hydroxylation is 1. The molecule has 2 aromatic rings. The van der Waals surface area contributed by atoms with Gasteiger partial charge in [-0.1, -0.05) is 0 Å². The zero-order valence-corrected chi connectivity index (χ0v) is 12.5. The van der Waals surface area contributed by atoms with Crippen molar-refractivity contribution in [1.29, 1.82) is 0 Å². The summed E-state index contributed by atoms with van der Waals surface area (Å²) in [5, 5.41) is 8.83. The van der Waals surface area contributed by atoms with E-state index in [2.05, 4.69) is 14.7 Å². The molecule has 0 fully saturated rings. The van der Waals surface area contributed by atoms with Crippen molar-refractivity contribution in [1.82, 2.24) is 14.7 Å². The second-order valence-corrected chi connectivity index (χ2v) is 7.39. The summed E-state index contributed by atoms with van der Waals surface area (Å²) in [4.78, 5) is 7.92. The summed E-state index contributed by atoms with van der Waals surface area (Å²) in [5.74, 6) is 0.852. The van der Waals surface area contributed by atoms with Crippen molar-refractivity contribution < 1.29 is 13.5 Å². The minimum absolute atomic E-state index is 0.0244. The average Bonchev–Trinajstić information content (AvgIpc) is 3.06. The van der Waals surface area contributed by atoms with E-state index in [1.54, 1.807) is 24.5 Å². The number of nitrogens with one attached hydrogen (secondary N) is 2. The standard InChI is InChI=1S/C12H17N3O3S2/c16-9-5-10-3-4-12(19-10)20(17,18)15-6-1-2-11-13-7-8-14-11/h3-4,7-8,15-16H,1-2,5-6,9H2,(H,13,14). The van der Waals surface area contributed by atoms with Crippen LogP contribution in [0.15, 0.2) is 28.7 Å². The van der Waals surface area contributed by atoms with Crippen LogP contribution >= 0.6 is 11.3 Å². The van der Waals surface area contributed by atoms with Crippen LogP contribution in [0.4, 0.5) is 0 Å². The third kappa shape index (κ3) is 4.14. The van der Waals surface area contributed by atoms with Crippen LogP contribution in [0.3, 0.4) is 0 Å². The Balaban J connectivity index is 1.83. The van der Waals surface area contributed by atoms with Crippen LogP contribution in [-0.4, -0.2) is 36.6 Å². The van der Waals surface area contributed by atoms with Gasteiger partial charge in [-0.15, -0.1) is 11.3 Å². The molecule has 0 spiro atoms. The van der Waals surface area contributed by atoms with Crippen molar-refractivity contribution in [2.75, 3.05) is 13.2 Å². The van der Waals surface area contributed by atoms with Gasteiger partial charge in [0.2, 0.25) is 10.0 Å². The van der Waals surface area contributed by atoms with Crippen LogP contribution < -0.4 is 4.72 Å². The monoisotopic (exact) mass is 315 g/mol. The molecule has 110 valence electrons. The molecule has 2 aromatic heterocycles. The SMILES string of the molecule is O=S(=O)(NCCCc1ncc[nH]1)c1ccc(CCO)s1. The molecule has 20 heavy (non-hydrogen) atoms. The fourth-order valence-electron chi connectivity index (χ4n) is 1.72. The number of H-pyrrole nitrogens is 1. The Labute approximate surface area is 121 Å². The number of hydrogen-bond donors (Lipinski definition) is 3. The van der Waals surface area contributed by atoms with Gasteiger partial charge in [0.25, 0.3) is 0 Å². The number of imidazole rings is 1. The van der Waals surface area contributed by atoms with Gasteiger partial charge in [-0.3, -0.25) is 0 Å². The normalized spacial score (nSPS) is 11.8. The van der Waals surface area contributed by atoms with Crippen LogP contribution in [0.1, 0.15) is 17.1 Å². The van der Waals surface area contributed by atoms with E-state index in [0.29, 0.717) is 30.0 Å². The maximum Gasteiger partial charge on any atom is 0.250 e. The van der Waals surface area contributed by atoms with Gasteiger partial charge in [-0.25, -0.2) is 18.1 Å². The largest absolute Gasteiger partial charge is 0.396 e. The third-order valence-electron chi connectivity index (χ3n) is 2.70. The molecule has 2 rings (SSSR count). The van der Waals surface area contributed by atoms with Crippen molar-refractivity contribution in [3.8, 4) is 0 Å². The summed E-state index contributed by atoms with van der Waals surface area (Å²) in [6.45, 7) is 0.396. The molecule has 0 bridgehead atoms. The van der Waals surface area contributed by atoms with Gasteiger partial charge < -0.3 is 10.1 Å². The molecule has 0 saturated heterocycles. The van der Waals surface area contributed by atoms with Crippen molar-refractivity contribution >= 4 is 21.4 Å². The van der Waals surface area contributed by atoms with Crippen LogP contribution in [0.2, 0.25) is 0 Å². The molecule has 0 radical (unpaired) electrons. The van der Waals surface area contributed by atoms with Crippen molar-refractivity contribution in [2.24, 2.45) is 0 Å². The van der Waals surface area contributed by atoms with Crippen LogP contribution in [0.5, 0.6) is 0 Å². The molecule has 0 unspecified atom stereocenters. The smallest absolute Gasteiger partial charge is 0.250 e. The minimum Gasteiger partial charge on any atom is -0.396 e. The van der Waals surface area contributed by atoms with Crippen molar-refractivity contribution in [3.63, 3.8) is 0 Å². The highest BCUT2D eigenvalue weighted by Gasteiger charge is 2.15. The summed E-state index contributed by atoms with van der Waals surface area (Å²) < 4.78 is 26.9. The second-order valence-electron chi connectivity index (χ2n) is 4.23. The van der Waals surface area contributed by atoms with Gasteiger partial charge in [-0.2, -0.15) is 0 Å². The number of thiophene rings is 1. The van der Waals surface area contributed by atoms with E-state index < -0.39 is 10.0 Å². The molecular formula is C12H17N3O3S2. The minimum atomic E-state index is -3.44. The molecule has 0 aliphatic rings. The zero-order chi connectivity index (χ0) is 14.4. The first-order chi connectivity index (χ1) is 9.62. The Morgan fingerprint density at radius 3 is 2.90 bits per heavy atom. The number of aliphatic hydroxyl groups excluding tert-OH is 1. The lowest BCUT2D eigenvalue weighted by Crippen LogP contribution is -2.24. The highest BCUT2D eigenvalue weighted by atomic mass is 32.2. The molecule has 0 saturated carbocycles. The summed E-state index contributed by atoms with van der Waals surface area (Å²) in [5.41, 5.74) is 0. The number of rotatable bonds is 8. The van der Waals surface area contributed by atoms with Crippen molar-refractivity contribution in [2.45, 2.75) is 23.5 Å². The average molecular weight is 315 g/mol. The third-order valence-corrected chi connectivity index (χ3v) is 5.80. The molecule has 8 heteroatoms. The Hall–Kier alpha value is -1.22. The first kappa shape index (κ1) is 15.2. The van der Waals surface area contributed by atoms with E-state index >= 15 is 0 Å². The number of hydrogen-bond acceptors (Lipinski definition) is 5. The molecule has 0 amide bonds.